The Morgan fingerprint density at radius 1 is 1.50 bits per heavy atom. The average Bonchev–Trinajstić information content (AvgIpc) is 2.99. The van der Waals surface area contributed by atoms with Gasteiger partial charge in [-0.05, 0) is 34.8 Å². The third-order valence-electron chi connectivity index (χ3n) is 3.78. The lowest BCUT2D eigenvalue weighted by Crippen LogP contribution is -2.36. The molecule has 7 heteroatoms. The summed E-state index contributed by atoms with van der Waals surface area (Å²) in [6.45, 7) is 1.81. The molecule has 0 amide bonds. The Hall–Kier alpha value is -1.63. The number of halogens is 1. The molecule has 0 radical (unpaired) electrons. The van der Waals surface area contributed by atoms with Crippen LogP contribution in [-0.4, -0.2) is 33.1 Å². The largest absolute Gasteiger partial charge is 0.368 e. The van der Waals surface area contributed by atoms with Crippen LogP contribution in [0.5, 0.6) is 0 Å². The highest BCUT2D eigenvalue weighted by molar-refractivity contribution is 9.10. The van der Waals surface area contributed by atoms with Crippen LogP contribution in [0.15, 0.2) is 27.7 Å². The summed E-state index contributed by atoms with van der Waals surface area (Å²) in [7, 11) is 1.65. The summed E-state index contributed by atoms with van der Waals surface area (Å²) in [6.07, 6.45) is 5.75. The van der Waals surface area contributed by atoms with Gasteiger partial charge in [0.25, 0.3) is 5.56 Å². The minimum atomic E-state index is -0.105. The smallest absolute Gasteiger partial charge is 0.282 e. The Morgan fingerprint density at radius 3 is 3.10 bits per heavy atom. The molecule has 2 aromatic rings. The van der Waals surface area contributed by atoms with Crippen LogP contribution in [0.25, 0.3) is 0 Å². The van der Waals surface area contributed by atoms with Gasteiger partial charge >= 0.3 is 0 Å². The predicted molar refractivity (Wildman–Crippen MR) is 80.0 cm³/mol. The highest BCUT2D eigenvalue weighted by atomic mass is 79.9. The number of piperidine rings is 1. The third kappa shape index (κ3) is 2.37. The maximum absolute atomic E-state index is 12.0. The van der Waals surface area contributed by atoms with Gasteiger partial charge in [0.15, 0.2) is 0 Å². The van der Waals surface area contributed by atoms with Crippen molar-refractivity contribution >= 4 is 21.6 Å². The van der Waals surface area contributed by atoms with E-state index in [-0.39, 0.29) is 5.56 Å². The van der Waals surface area contributed by atoms with Gasteiger partial charge in [-0.1, -0.05) is 0 Å². The number of aromatic nitrogens is 4. The summed E-state index contributed by atoms with van der Waals surface area (Å²) in [5.41, 5.74) is 1.92. The van der Waals surface area contributed by atoms with E-state index in [2.05, 4.69) is 36.1 Å². The first-order chi connectivity index (χ1) is 9.66. The monoisotopic (exact) mass is 337 g/mol. The Balaban J connectivity index is 1.87. The predicted octanol–water partition coefficient (Wildman–Crippen LogP) is 1.65. The van der Waals surface area contributed by atoms with Crippen LogP contribution >= 0.6 is 15.9 Å². The highest BCUT2D eigenvalue weighted by Crippen LogP contribution is 2.30. The highest BCUT2D eigenvalue weighted by Gasteiger charge is 2.24. The molecule has 0 aromatic carbocycles. The lowest BCUT2D eigenvalue weighted by atomic mass is 9.95. The van der Waals surface area contributed by atoms with Gasteiger partial charge in [-0.25, -0.2) is 4.68 Å². The number of aryl methyl sites for hydroxylation is 1. The van der Waals surface area contributed by atoms with Crippen LogP contribution in [0.2, 0.25) is 0 Å². The summed E-state index contributed by atoms with van der Waals surface area (Å²) >= 11 is 3.40. The van der Waals surface area contributed by atoms with Gasteiger partial charge in [-0.3, -0.25) is 9.89 Å². The second kappa shape index (κ2) is 5.40. The minimum absolute atomic E-state index is 0.105. The van der Waals surface area contributed by atoms with E-state index in [0.29, 0.717) is 10.4 Å². The summed E-state index contributed by atoms with van der Waals surface area (Å²) in [6, 6.07) is 2.02. The van der Waals surface area contributed by atoms with Gasteiger partial charge in [-0.15, -0.1) is 0 Å². The molecule has 6 nitrogen and oxygen atoms in total. The van der Waals surface area contributed by atoms with E-state index in [1.165, 1.54) is 4.68 Å². The number of H-pyrrole nitrogens is 1. The molecular formula is C13H16BrN5O. The molecule has 1 aliphatic heterocycles. The van der Waals surface area contributed by atoms with Crippen molar-refractivity contribution in [2.24, 2.45) is 7.05 Å². The van der Waals surface area contributed by atoms with Crippen molar-refractivity contribution in [3.05, 3.63) is 39.0 Å². The average molecular weight is 338 g/mol. The Kier molecular flexibility index (Phi) is 3.60. The first-order valence-electron chi connectivity index (χ1n) is 6.63. The Labute approximate surface area is 124 Å². The standard InChI is InChI=1S/C13H16BrN5O/c1-18-13(20)12(14)11(7-16-18)19-6-2-3-9(8-19)10-4-5-15-17-10/h4-5,7,9H,2-3,6,8H2,1H3,(H,15,17). The van der Waals surface area contributed by atoms with Crippen LogP contribution in [0.3, 0.4) is 0 Å². The van der Waals surface area contributed by atoms with Crippen LogP contribution in [-0.2, 0) is 7.05 Å². The first kappa shape index (κ1) is 13.4. The molecule has 0 spiro atoms. The van der Waals surface area contributed by atoms with Crippen LogP contribution in [0.1, 0.15) is 24.5 Å². The van der Waals surface area contributed by atoms with Gasteiger partial charge in [0, 0.05) is 37.9 Å². The number of hydrogen-bond donors (Lipinski definition) is 1. The molecule has 20 heavy (non-hydrogen) atoms. The number of nitrogens with one attached hydrogen (secondary N) is 1. The zero-order chi connectivity index (χ0) is 14.1. The van der Waals surface area contributed by atoms with Crippen molar-refractivity contribution in [2.45, 2.75) is 18.8 Å². The normalized spacial score (nSPS) is 19.3. The molecule has 106 valence electrons. The number of hydrogen-bond acceptors (Lipinski definition) is 4. The fraction of sp³-hybridized carbons (Fsp3) is 0.462. The van der Waals surface area contributed by atoms with Crippen molar-refractivity contribution in [1.29, 1.82) is 0 Å². The van der Waals surface area contributed by atoms with E-state index in [1.807, 2.05) is 6.07 Å². The number of anilines is 1. The molecule has 0 saturated carbocycles. The SMILES string of the molecule is Cn1ncc(N2CCCC(c3ccn[nH]3)C2)c(Br)c1=O. The molecule has 1 unspecified atom stereocenters. The van der Waals surface area contributed by atoms with E-state index >= 15 is 0 Å². The second-order valence-corrected chi connectivity index (χ2v) is 5.86. The summed E-state index contributed by atoms with van der Waals surface area (Å²) in [5, 5.41) is 11.2. The number of aromatic amines is 1. The van der Waals surface area contributed by atoms with Crippen molar-refractivity contribution in [2.75, 3.05) is 18.0 Å². The van der Waals surface area contributed by atoms with Gasteiger partial charge in [0.2, 0.25) is 0 Å². The van der Waals surface area contributed by atoms with Crippen molar-refractivity contribution in [3.8, 4) is 0 Å². The molecular weight excluding hydrogens is 322 g/mol. The fourth-order valence-electron chi connectivity index (χ4n) is 2.67. The Bertz CT molecular complexity index is 651. The number of rotatable bonds is 2. The van der Waals surface area contributed by atoms with Gasteiger partial charge in [-0.2, -0.15) is 10.2 Å². The summed E-state index contributed by atoms with van der Waals surface area (Å²) in [4.78, 5) is 14.2. The van der Waals surface area contributed by atoms with Crippen LogP contribution < -0.4 is 10.5 Å². The minimum Gasteiger partial charge on any atom is -0.368 e. The first-order valence-corrected chi connectivity index (χ1v) is 7.42. The maximum atomic E-state index is 12.0. The third-order valence-corrected chi connectivity index (χ3v) is 4.53. The zero-order valence-electron chi connectivity index (χ0n) is 11.2. The van der Waals surface area contributed by atoms with Crippen LogP contribution in [0.4, 0.5) is 5.69 Å². The summed E-state index contributed by atoms with van der Waals surface area (Å²) < 4.78 is 1.92. The van der Waals surface area contributed by atoms with E-state index in [0.717, 1.165) is 37.3 Å². The Morgan fingerprint density at radius 2 is 2.35 bits per heavy atom. The van der Waals surface area contributed by atoms with E-state index in [9.17, 15) is 4.79 Å². The van der Waals surface area contributed by atoms with E-state index < -0.39 is 0 Å². The topological polar surface area (TPSA) is 66.8 Å². The molecule has 1 fully saturated rings. The van der Waals surface area contributed by atoms with E-state index in [1.54, 1.807) is 19.4 Å². The molecule has 0 aliphatic carbocycles. The van der Waals surface area contributed by atoms with Crippen molar-refractivity contribution in [3.63, 3.8) is 0 Å². The molecule has 3 heterocycles. The molecule has 0 bridgehead atoms. The molecule has 3 rings (SSSR count). The molecule has 1 atom stereocenters. The molecule has 1 saturated heterocycles. The molecule has 2 aromatic heterocycles. The van der Waals surface area contributed by atoms with Crippen molar-refractivity contribution in [1.82, 2.24) is 20.0 Å². The van der Waals surface area contributed by atoms with Gasteiger partial charge < -0.3 is 4.90 Å². The van der Waals surface area contributed by atoms with Gasteiger partial charge in [0.1, 0.15) is 4.47 Å². The lowest BCUT2D eigenvalue weighted by molar-refractivity contribution is 0.498. The molecule has 1 N–H and O–H groups in total. The quantitative estimate of drug-likeness (QED) is 0.904. The summed E-state index contributed by atoms with van der Waals surface area (Å²) in [5.74, 6) is 0.419. The second-order valence-electron chi connectivity index (χ2n) is 5.07. The molecule has 1 aliphatic rings. The fourth-order valence-corrected chi connectivity index (χ4v) is 3.28. The zero-order valence-corrected chi connectivity index (χ0v) is 12.8. The van der Waals surface area contributed by atoms with Gasteiger partial charge in [0.05, 0.1) is 11.9 Å². The number of nitrogens with zero attached hydrogens (tertiary/aromatic N) is 4. The van der Waals surface area contributed by atoms with Crippen molar-refractivity contribution < 1.29 is 0 Å². The lowest BCUT2D eigenvalue weighted by Gasteiger charge is -2.34. The van der Waals surface area contributed by atoms with Crippen LogP contribution in [0, 0.1) is 0 Å². The van der Waals surface area contributed by atoms with E-state index in [4.69, 9.17) is 0 Å². The maximum Gasteiger partial charge on any atom is 0.282 e.